The molecule has 0 fully saturated rings. The van der Waals surface area contributed by atoms with E-state index in [0.717, 1.165) is 29.7 Å². The quantitative estimate of drug-likeness (QED) is 0.704. The lowest BCUT2D eigenvalue weighted by molar-refractivity contribution is 0.313. The summed E-state index contributed by atoms with van der Waals surface area (Å²) in [6, 6.07) is 18.6. The van der Waals surface area contributed by atoms with E-state index in [-0.39, 0.29) is 0 Å². The lowest BCUT2D eigenvalue weighted by Crippen LogP contribution is -2.23. The molecule has 0 aliphatic carbocycles. The molecule has 0 spiro atoms. The zero-order valence-corrected chi connectivity index (χ0v) is 14.0. The van der Waals surface area contributed by atoms with Crippen molar-refractivity contribution in [1.82, 2.24) is 5.32 Å². The molecule has 0 saturated heterocycles. The van der Waals surface area contributed by atoms with Crippen LogP contribution in [0.4, 0.5) is 0 Å². The molecule has 0 bridgehead atoms. The fraction of sp³-hybridized carbons (Fsp3) is 0.333. The molecule has 0 radical (unpaired) electrons. The van der Waals surface area contributed by atoms with Gasteiger partial charge >= 0.3 is 0 Å². The molecule has 1 unspecified atom stereocenters. The monoisotopic (exact) mass is 347 g/mol. The summed E-state index contributed by atoms with van der Waals surface area (Å²) in [7, 11) is 0. The smallest absolute Gasteiger partial charge is 0.120 e. The highest BCUT2D eigenvalue weighted by Crippen LogP contribution is 2.18. The Morgan fingerprint density at radius 3 is 2.62 bits per heavy atom. The van der Waals surface area contributed by atoms with Gasteiger partial charge in [-0.15, -0.1) is 0 Å². The van der Waals surface area contributed by atoms with Gasteiger partial charge in [0.05, 0.1) is 0 Å². The lowest BCUT2D eigenvalue weighted by Gasteiger charge is -2.12. The fourth-order valence-corrected chi connectivity index (χ4v) is 2.57. The van der Waals surface area contributed by atoms with Crippen molar-refractivity contribution in [2.45, 2.75) is 19.3 Å². The van der Waals surface area contributed by atoms with E-state index in [9.17, 15) is 0 Å². The number of rotatable bonds is 8. The highest BCUT2D eigenvalue weighted by Gasteiger charge is 2.03. The number of hydrogen-bond donors (Lipinski definition) is 1. The van der Waals surface area contributed by atoms with Crippen LogP contribution in [0.1, 0.15) is 24.8 Å². The third-order valence-corrected chi connectivity index (χ3v) is 3.96. The van der Waals surface area contributed by atoms with E-state index in [0.29, 0.717) is 12.5 Å². The minimum atomic E-state index is 0.588. The zero-order chi connectivity index (χ0) is 14.9. The van der Waals surface area contributed by atoms with Crippen LogP contribution in [-0.4, -0.2) is 19.7 Å². The molecule has 0 saturated carbocycles. The summed E-state index contributed by atoms with van der Waals surface area (Å²) < 4.78 is 6.73. The highest BCUT2D eigenvalue weighted by molar-refractivity contribution is 9.10. The molecule has 112 valence electrons. The predicted molar refractivity (Wildman–Crippen MR) is 92.0 cm³/mol. The molecule has 21 heavy (non-hydrogen) atoms. The molecule has 1 N–H and O–H groups in total. The second kappa shape index (κ2) is 8.85. The standard InChI is InChI=1S/C18H22BrNO/c1-15(16-6-3-2-4-7-16)10-11-20-12-13-21-18-9-5-8-17(19)14-18/h2-9,14-15,20H,10-13H2,1H3. The third kappa shape index (κ3) is 5.90. The van der Waals surface area contributed by atoms with Gasteiger partial charge in [0.2, 0.25) is 0 Å². The number of halogens is 1. The van der Waals surface area contributed by atoms with E-state index >= 15 is 0 Å². The SMILES string of the molecule is CC(CCNCCOc1cccc(Br)c1)c1ccccc1. The maximum atomic E-state index is 5.69. The van der Waals surface area contributed by atoms with Crippen LogP contribution < -0.4 is 10.1 Å². The van der Waals surface area contributed by atoms with Gasteiger partial charge in [-0.25, -0.2) is 0 Å². The molecular weight excluding hydrogens is 326 g/mol. The van der Waals surface area contributed by atoms with Crippen LogP contribution in [0.3, 0.4) is 0 Å². The Morgan fingerprint density at radius 1 is 1.05 bits per heavy atom. The van der Waals surface area contributed by atoms with Gasteiger partial charge < -0.3 is 10.1 Å². The Morgan fingerprint density at radius 2 is 1.86 bits per heavy atom. The van der Waals surface area contributed by atoms with Crippen LogP contribution in [0.25, 0.3) is 0 Å². The molecular formula is C18H22BrNO. The molecule has 1 atom stereocenters. The molecule has 3 heteroatoms. The van der Waals surface area contributed by atoms with Crippen molar-refractivity contribution in [2.75, 3.05) is 19.7 Å². The summed E-state index contributed by atoms with van der Waals surface area (Å²) in [5.74, 6) is 1.49. The van der Waals surface area contributed by atoms with E-state index in [1.807, 2.05) is 24.3 Å². The Hall–Kier alpha value is -1.32. The van der Waals surface area contributed by atoms with E-state index in [1.165, 1.54) is 5.56 Å². The van der Waals surface area contributed by atoms with Crippen molar-refractivity contribution in [1.29, 1.82) is 0 Å². The van der Waals surface area contributed by atoms with Gasteiger partial charge in [-0.2, -0.15) is 0 Å². The first-order valence-electron chi connectivity index (χ1n) is 7.40. The molecule has 0 aliphatic rings. The van der Waals surface area contributed by atoms with Gasteiger partial charge in [-0.1, -0.05) is 59.3 Å². The second-order valence-electron chi connectivity index (χ2n) is 5.16. The summed E-state index contributed by atoms with van der Waals surface area (Å²) in [6.07, 6.45) is 1.14. The predicted octanol–water partition coefficient (Wildman–Crippen LogP) is 4.61. The van der Waals surface area contributed by atoms with Gasteiger partial charge in [0, 0.05) is 11.0 Å². The van der Waals surface area contributed by atoms with E-state index < -0.39 is 0 Å². The summed E-state index contributed by atoms with van der Waals surface area (Å²) >= 11 is 3.44. The molecule has 2 nitrogen and oxygen atoms in total. The third-order valence-electron chi connectivity index (χ3n) is 3.47. The van der Waals surface area contributed by atoms with Crippen LogP contribution in [0.15, 0.2) is 59.1 Å². The van der Waals surface area contributed by atoms with Gasteiger partial charge in [-0.3, -0.25) is 0 Å². The molecule has 0 amide bonds. The zero-order valence-electron chi connectivity index (χ0n) is 12.4. The summed E-state index contributed by atoms with van der Waals surface area (Å²) in [5.41, 5.74) is 1.41. The molecule has 0 aliphatic heterocycles. The summed E-state index contributed by atoms with van der Waals surface area (Å²) in [6.45, 7) is 4.84. The van der Waals surface area contributed by atoms with Crippen molar-refractivity contribution in [3.8, 4) is 5.75 Å². The first-order chi connectivity index (χ1) is 10.3. The topological polar surface area (TPSA) is 21.3 Å². The summed E-state index contributed by atoms with van der Waals surface area (Å²) in [4.78, 5) is 0. The van der Waals surface area contributed by atoms with Gasteiger partial charge in [0.25, 0.3) is 0 Å². The van der Waals surface area contributed by atoms with Crippen LogP contribution in [0.2, 0.25) is 0 Å². The van der Waals surface area contributed by atoms with Gasteiger partial charge in [-0.05, 0) is 42.6 Å². The minimum absolute atomic E-state index is 0.588. The fourth-order valence-electron chi connectivity index (χ4n) is 2.19. The maximum absolute atomic E-state index is 5.69. The van der Waals surface area contributed by atoms with Crippen molar-refractivity contribution in [3.05, 3.63) is 64.6 Å². The highest BCUT2D eigenvalue weighted by atomic mass is 79.9. The molecule has 2 aromatic rings. The second-order valence-corrected chi connectivity index (χ2v) is 6.07. The normalized spacial score (nSPS) is 12.1. The van der Waals surface area contributed by atoms with Crippen molar-refractivity contribution >= 4 is 15.9 Å². The molecule has 2 rings (SSSR count). The summed E-state index contributed by atoms with van der Waals surface area (Å²) in [5, 5.41) is 3.43. The van der Waals surface area contributed by atoms with Crippen molar-refractivity contribution in [3.63, 3.8) is 0 Å². The average Bonchev–Trinajstić information content (AvgIpc) is 2.51. The van der Waals surface area contributed by atoms with Crippen LogP contribution in [0, 0.1) is 0 Å². The van der Waals surface area contributed by atoms with Crippen molar-refractivity contribution < 1.29 is 4.74 Å². The van der Waals surface area contributed by atoms with Gasteiger partial charge in [0.15, 0.2) is 0 Å². The van der Waals surface area contributed by atoms with Gasteiger partial charge in [0.1, 0.15) is 12.4 Å². The molecule has 0 heterocycles. The first kappa shape index (κ1) is 16.1. The average molecular weight is 348 g/mol. The number of ether oxygens (including phenoxy) is 1. The number of nitrogens with one attached hydrogen (secondary N) is 1. The van der Waals surface area contributed by atoms with E-state index in [4.69, 9.17) is 4.74 Å². The van der Waals surface area contributed by atoms with Crippen LogP contribution in [0.5, 0.6) is 5.75 Å². The van der Waals surface area contributed by atoms with E-state index in [1.54, 1.807) is 0 Å². The Balaban J connectivity index is 1.58. The van der Waals surface area contributed by atoms with Crippen LogP contribution in [-0.2, 0) is 0 Å². The Kier molecular flexibility index (Phi) is 6.77. The first-order valence-corrected chi connectivity index (χ1v) is 8.19. The minimum Gasteiger partial charge on any atom is -0.492 e. The number of hydrogen-bond acceptors (Lipinski definition) is 2. The molecule has 0 aromatic heterocycles. The number of benzene rings is 2. The van der Waals surface area contributed by atoms with E-state index in [2.05, 4.69) is 58.5 Å². The Labute approximate surface area is 135 Å². The maximum Gasteiger partial charge on any atom is 0.120 e. The molecule has 2 aromatic carbocycles. The van der Waals surface area contributed by atoms with Crippen LogP contribution >= 0.6 is 15.9 Å². The van der Waals surface area contributed by atoms with Crippen molar-refractivity contribution in [2.24, 2.45) is 0 Å². The largest absolute Gasteiger partial charge is 0.492 e. The Bertz CT molecular complexity index is 530. The lowest BCUT2D eigenvalue weighted by atomic mass is 9.98.